The number of hydrogen-bond acceptors (Lipinski definition) is 3. The van der Waals surface area contributed by atoms with Gasteiger partial charge in [-0.25, -0.2) is 0 Å². The number of benzene rings is 2. The van der Waals surface area contributed by atoms with Crippen molar-refractivity contribution in [1.82, 2.24) is 5.32 Å². The molecular formula is C19H19F3N2O2S. The first-order valence-electron chi connectivity index (χ1n) is 8.25. The molecule has 0 saturated carbocycles. The minimum Gasteiger partial charge on any atom is -0.491 e. The summed E-state index contributed by atoms with van der Waals surface area (Å²) >= 11 is 5.01. The third-order valence-corrected chi connectivity index (χ3v) is 3.89. The first-order chi connectivity index (χ1) is 12.7. The third-order valence-electron chi connectivity index (χ3n) is 3.68. The summed E-state index contributed by atoms with van der Waals surface area (Å²) in [5.41, 5.74) is -0.357. The fourth-order valence-corrected chi connectivity index (χ4v) is 2.35. The van der Waals surface area contributed by atoms with Crippen molar-refractivity contribution < 1.29 is 22.7 Å². The van der Waals surface area contributed by atoms with Crippen LogP contribution in [0.3, 0.4) is 0 Å². The zero-order valence-corrected chi connectivity index (χ0v) is 15.6. The second-order valence-corrected chi connectivity index (χ2v) is 6.26. The second kappa shape index (κ2) is 8.85. The van der Waals surface area contributed by atoms with E-state index in [4.69, 9.17) is 17.0 Å². The topological polar surface area (TPSA) is 50.4 Å². The van der Waals surface area contributed by atoms with E-state index in [1.54, 1.807) is 24.3 Å². The molecule has 0 radical (unpaired) electrons. The molecule has 2 N–H and O–H groups in total. The molecule has 0 aromatic heterocycles. The average Bonchev–Trinajstić information content (AvgIpc) is 2.61. The van der Waals surface area contributed by atoms with Crippen LogP contribution in [0.15, 0.2) is 48.5 Å². The highest BCUT2D eigenvalue weighted by molar-refractivity contribution is 7.80. The van der Waals surface area contributed by atoms with Crippen LogP contribution in [0, 0.1) is 0 Å². The Morgan fingerprint density at radius 1 is 1.19 bits per heavy atom. The Hall–Kier alpha value is -2.61. The van der Waals surface area contributed by atoms with Crippen molar-refractivity contribution in [2.45, 2.75) is 32.5 Å². The van der Waals surface area contributed by atoms with Crippen molar-refractivity contribution in [3.05, 3.63) is 59.7 Å². The van der Waals surface area contributed by atoms with Gasteiger partial charge >= 0.3 is 6.18 Å². The van der Waals surface area contributed by atoms with Gasteiger partial charge < -0.3 is 10.1 Å². The van der Waals surface area contributed by atoms with Gasteiger partial charge in [-0.15, -0.1) is 0 Å². The van der Waals surface area contributed by atoms with Gasteiger partial charge in [-0.1, -0.05) is 19.1 Å². The lowest BCUT2D eigenvalue weighted by atomic mass is 10.2. The third kappa shape index (κ3) is 6.25. The first-order valence-corrected chi connectivity index (χ1v) is 8.66. The molecule has 0 heterocycles. The van der Waals surface area contributed by atoms with Crippen molar-refractivity contribution in [1.29, 1.82) is 0 Å². The molecule has 0 aliphatic rings. The van der Waals surface area contributed by atoms with Crippen LogP contribution >= 0.6 is 12.2 Å². The fraction of sp³-hybridized carbons (Fsp3) is 0.263. The number of halogens is 3. The van der Waals surface area contributed by atoms with Crippen molar-refractivity contribution in [3.8, 4) is 5.75 Å². The molecule has 4 nitrogen and oxygen atoms in total. The molecule has 2 rings (SSSR count). The number of carbonyl (C=O) groups excluding carboxylic acids is 1. The zero-order chi connectivity index (χ0) is 20.0. The number of alkyl halides is 3. The summed E-state index contributed by atoms with van der Waals surface area (Å²) in [5.74, 6) is 0.0582. The van der Waals surface area contributed by atoms with Gasteiger partial charge in [-0.3, -0.25) is 10.1 Å². The summed E-state index contributed by atoms with van der Waals surface area (Å²) < 4.78 is 43.9. The number of thiocarbonyl (C=S) groups is 1. The normalized spacial score (nSPS) is 12.2. The molecule has 0 aliphatic heterocycles. The first kappa shape index (κ1) is 20.7. The van der Waals surface area contributed by atoms with E-state index >= 15 is 0 Å². The number of amides is 1. The second-order valence-electron chi connectivity index (χ2n) is 5.85. The molecule has 144 valence electrons. The Morgan fingerprint density at radius 2 is 1.89 bits per heavy atom. The highest BCUT2D eigenvalue weighted by atomic mass is 32.1. The summed E-state index contributed by atoms with van der Waals surface area (Å²) in [4.78, 5) is 12.3. The van der Waals surface area contributed by atoms with Crippen molar-refractivity contribution in [2.24, 2.45) is 0 Å². The van der Waals surface area contributed by atoms with E-state index < -0.39 is 17.6 Å². The predicted molar refractivity (Wildman–Crippen MR) is 102 cm³/mol. The fourth-order valence-electron chi connectivity index (χ4n) is 2.14. The minimum atomic E-state index is -4.46. The molecule has 0 spiro atoms. The maximum absolute atomic E-state index is 12.7. The average molecular weight is 396 g/mol. The van der Waals surface area contributed by atoms with Gasteiger partial charge in [0.2, 0.25) is 0 Å². The van der Waals surface area contributed by atoms with Crippen LogP contribution in [-0.4, -0.2) is 17.1 Å². The molecule has 2 aromatic carbocycles. The SMILES string of the molecule is CCC(C)Oc1cccc(C(=O)NC(=S)Nc2cccc(C(F)(F)F)c2)c1. The molecule has 1 amide bonds. The molecular weight excluding hydrogens is 377 g/mol. The highest BCUT2D eigenvalue weighted by Gasteiger charge is 2.30. The Morgan fingerprint density at radius 3 is 2.56 bits per heavy atom. The van der Waals surface area contributed by atoms with E-state index in [-0.39, 0.29) is 16.9 Å². The summed E-state index contributed by atoms with van der Waals surface area (Å²) in [5, 5.41) is 4.92. The van der Waals surface area contributed by atoms with E-state index in [0.29, 0.717) is 11.3 Å². The van der Waals surface area contributed by atoms with E-state index in [2.05, 4.69) is 10.6 Å². The van der Waals surface area contributed by atoms with Crippen LogP contribution in [0.1, 0.15) is 36.2 Å². The van der Waals surface area contributed by atoms with Gasteiger partial charge in [-0.05, 0) is 62.0 Å². The molecule has 0 fully saturated rings. The molecule has 0 bridgehead atoms. The van der Waals surface area contributed by atoms with Crippen molar-refractivity contribution in [2.75, 3.05) is 5.32 Å². The zero-order valence-electron chi connectivity index (χ0n) is 14.8. The number of nitrogens with one attached hydrogen (secondary N) is 2. The van der Waals surface area contributed by atoms with Crippen LogP contribution in [0.5, 0.6) is 5.75 Å². The monoisotopic (exact) mass is 396 g/mol. The maximum atomic E-state index is 12.7. The number of rotatable bonds is 5. The summed E-state index contributed by atoms with van der Waals surface area (Å²) in [6.45, 7) is 3.90. The van der Waals surface area contributed by atoms with Gasteiger partial charge in [0.1, 0.15) is 5.75 Å². The molecule has 1 unspecified atom stereocenters. The van der Waals surface area contributed by atoms with Gasteiger partial charge in [0.05, 0.1) is 11.7 Å². The summed E-state index contributed by atoms with van der Waals surface area (Å²) in [6, 6.07) is 11.1. The van der Waals surface area contributed by atoms with Gasteiger partial charge in [-0.2, -0.15) is 13.2 Å². The molecule has 8 heteroatoms. The smallest absolute Gasteiger partial charge is 0.416 e. The van der Waals surface area contributed by atoms with Crippen LogP contribution < -0.4 is 15.4 Å². The van der Waals surface area contributed by atoms with Crippen LogP contribution in [0.25, 0.3) is 0 Å². The molecule has 0 saturated heterocycles. The Kier molecular flexibility index (Phi) is 6.79. The Bertz CT molecular complexity index is 825. The van der Waals surface area contributed by atoms with Crippen LogP contribution in [-0.2, 0) is 6.18 Å². The Balaban J connectivity index is 2.02. The largest absolute Gasteiger partial charge is 0.491 e. The molecule has 1 atom stereocenters. The van der Waals surface area contributed by atoms with E-state index in [1.165, 1.54) is 12.1 Å². The van der Waals surface area contributed by atoms with Crippen molar-refractivity contribution in [3.63, 3.8) is 0 Å². The lowest BCUT2D eigenvalue weighted by Crippen LogP contribution is -2.34. The Labute approximate surface area is 160 Å². The number of carbonyl (C=O) groups is 1. The highest BCUT2D eigenvalue weighted by Crippen LogP contribution is 2.30. The van der Waals surface area contributed by atoms with Gasteiger partial charge in [0.25, 0.3) is 5.91 Å². The van der Waals surface area contributed by atoms with Crippen LogP contribution in [0.2, 0.25) is 0 Å². The standard InChI is InChI=1S/C19H19F3N2O2S/c1-3-12(2)26-16-9-4-6-13(10-16)17(25)24-18(27)23-15-8-5-7-14(11-15)19(20,21)22/h4-12H,3H2,1-2H3,(H2,23,24,25,27). The maximum Gasteiger partial charge on any atom is 0.416 e. The number of hydrogen-bond donors (Lipinski definition) is 2. The molecule has 27 heavy (non-hydrogen) atoms. The predicted octanol–water partition coefficient (Wildman–Crippen LogP) is 5.01. The summed E-state index contributed by atoms with van der Waals surface area (Å²) in [7, 11) is 0. The lowest BCUT2D eigenvalue weighted by molar-refractivity contribution is -0.137. The summed E-state index contributed by atoms with van der Waals surface area (Å²) in [6.07, 6.45) is -3.63. The minimum absolute atomic E-state index is 0.00645. The van der Waals surface area contributed by atoms with Crippen LogP contribution in [0.4, 0.5) is 18.9 Å². The van der Waals surface area contributed by atoms with Gasteiger partial charge in [0, 0.05) is 11.3 Å². The lowest BCUT2D eigenvalue weighted by Gasteiger charge is -2.14. The molecule has 0 aliphatic carbocycles. The number of anilines is 1. The quantitative estimate of drug-likeness (QED) is 0.698. The van der Waals surface area contributed by atoms with Gasteiger partial charge in [0.15, 0.2) is 5.11 Å². The van der Waals surface area contributed by atoms with Crippen molar-refractivity contribution >= 4 is 28.9 Å². The van der Waals surface area contributed by atoms with E-state index in [9.17, 15) is 18.0 Å². The number of ether oxygens (including phenoxy) is 1. The van der Waals surface area contributed by atoms with E-state index in [1.807, 2.05) is 13.8 Å². The van der Waals surface area contributed by atoms with E-state index in [0.717, 1.165) is 18.6 Å². The molecule has 2 aromatic rings.